The predicted molar refractivity (Wildman–Crippen MR) is 127 cm³/mol. The molecular weight excluding hydrogens is 492 g/mol. The van der Waals surface area contributed by atoms with Crippen LogP contribution in [-0.2, 0) is 4.74 Å². The fourth-order valence-electron chi connectivity index (χ4n) is 4.77. The summed E-state index contributed by atoms with van der Waals surface area (Å²) < 4.78 is 37.1. The van der Waals surface area contributed by atoms with Crippen LogP contribution in [0.25, 0.3) is 27.4 Å². The lowest BCUT2D eigenvalue weighted by atomic mass is 9.89. The monoisotopic (exact) mass is 511 g/mol. The molecule has 1 unspecified atom stereocenters. The molecule has 0 aliphatic carbocycles. The Labute approximate surface area is 196 Å². The molecule has 6 rings (SSSR count). The highest BCUT2D eigenvalue weighted by Gasteiger charge is 2.26. The van der Waals surface area contributed by atoms with Crippen LogP contribution in [0.4, 0.5) is 14.5 Å². The van der Waals surface area contributed by atoms with Gasteiger partial charge in [-0.2, -0.15) is 5.10 Å². The number of ether oxygens (including phenoxy) is 1. The van der Waals surface area contributed by atoms with Gasteiger partial charge in [0.1, 0.15) is 17.6 Å². The van der Waals surface area contributed by atoms with Gasteiger partial charge < -0.3 is 15.8 Å². The van der Waals surface area contributed by atoms with Crippen molar-refractivity contribution in [3.05, 3.63) is 69.6 Å². The zero-order valence-electron chi connectivity index (χ0n) is 17.5. The maximum absolute atomic E-state index is 14.8. The van der Waals surface area contributed by atoms with Gasteiger partial charge in [-0.05, 0) is 59.0 Å². The molecule has 4 aromatic rings. The van der Waals surface area contributed by atoms with Crippen molar-refractivity contribution >= 4 is 49.0 Å². The van der Waals surface area contributed by atoms with Crippen LogP contribution >= 0.6 is 15.9 Å². The zero-order valence-corrected chi connectivity index (χ0v) is 19.1. The number of rotatable bonds is 2. The summed E-state index contributed by atoms with van der Waals surface area (Å²) in [7, 11) is 0. The van der Waals surface area contributed by atoms with E-state index in [0.717, 1.165) is 46.1 Å². The molecule has 9 heteroatoms. The van der Waals surface area contributed by atoms with Gasteiger partial charge in [-0.3, -0.25) is 4.98 Å². The highest BCUT2D eigenvalue weighted by molar-refractivity contribution is 9.10. The van der Waals surface area contributed by atoms with Crippen molar-refractivity contribution < 1.29 is 13.5 Å². The smallest absolute Gasteiger partial charge is 0.151 e. The zero-order chi connectivity index (χ0) is 22.7. The summed E-state index contributed by atoms with van der Waals surface area (Å²) in [5.41, 5.74) is 11.1. The second-order valence-corrected chi connectivity index (χ2v) is 9.23. The number of halogens is 3. The van der Waals surface area contributed by atoms with E-state index in [1.54, 1.807) is 10.7 Å². The lowest BCUT2D eigenvalue weighted by Gasteiger charge is -2.25. The first kappa shape index (κ1) is 20.6. The quantitative estimate of drug-likeness (QED) is 0.373. The van der Waals surface area contributed by atoms with Crippen LogP contribution in [0.2, 0.25) is 0 Å². The van der Waals surface area contributed by atoms with E-state index in [1.165, 1.54) is 18.3 Å². The van der Waals surface area contributed by atoms with Gasteiger partial charge in [0, 0.05) is 44.9 Å². The average molecular weight is 512 g/mol. The summed E-state index contributed by atoms with van der Waals surface area (Å²) >= 11 is 3.57. The number of anilines is 1. The number of fused-ring (bicyclic) bond motifs is 4. The number of nitrogens with one attached hydrogen (secondary N) is 1. The molecule has 1 saturated heterocycles. The number of hydrogen-bond donors (Lipinski definition) is 2. The fraction of sp³-hybridized carbons (Fsp3) is 0.250. The average Bonchev–Trinajstić information content (AvgIpc) is 3.27. The van der Waals surface area contributed by atoms with Gasteiger partial charge >= 0.3 is 0 Å². The molecule has 33 heavy (non-hydrogen) atoms. The summed E-state index contributed by atoms with van der Waals surface area (Å²) in [6.07, 6.45) is 5.71. The minimum absolute atomic E-state index is 0.211. The Bertz CT molecular complexity index is 1460. The van der Waals surface area contributed by atoms with E-state index in [-0.39, 0.29) is 11.7 Å². The number of nitrogens with zero attached hydrogens (tertiary/aromatic N) is 3. The van der Waals surface area contributed by atoms with Crippen LogP contribution in [0.1, 0.15) is 36.6 Å². The van der Waals surface area contributed by atoms with E-state index in [9.17, 15) is 8.78 Å². The van der Waals surface area contributed by atoms with E-state index < -0.39 is 11.6 Å². The van der Waals surface area contributed by atoms with E-state index in [1.807, 2.05) is 12.3 Å². The Kier molecular flexibility index (Phi) is 4.84. The van der Waals surface area contributed by atoms with Gasteiger partial charge in [-0.25, -0.2) is 13.5 Å². The molecule has 2 aromatic heterocycles. The highest BCUT2D eigenvalue weighted by Crippen LogP contribution is 2.43. The molecule has 0 spiro atoms. The molecule has 4 heterocycles. The molecule has 0 bridgehead atoms. The normalized spacial score (nSPS) is 18.6. The number of pyridine rings is 1. The van der Waals surface area contributed by atoms with Crippen LogP contribution in [-0.4, -0.2) is 27.9 Å². The molecule has 3 N–H and O–H groups in total. The standard InChI is InChI=1S/C24H20BrF2N5O/c25-17-8-14-21(19(28)10-30-22(14)15-7-12(26)9-29-23(15)17)13-4-5-18(27)24-16(13)11-32(31-24)20-3-1-2-6-33-20/h4-5,7-9,11,20,30H,1-3,6,10,28H2. The maximum Gasteiger partial charge on any atom is 0.151 e. The predicted octanol–water partition coefficient (Wildman–Crippen LogP) is 5.47. The lowest BCUT2D eigenvalue weighted by molar-refractivity contribution is -0.0391. The summed E-state index contributed by atoms with van der Waals surface area (Å²) in [6.45, 7) is 1.04. The first-order chi connectivity index (χ1) is 16.0. The van der Waals surface area contributed by atoms with Gasteiger partial charge in [0.15, 0.2) is 5.82 Å². The summed E-state index contributed by atoms with van der Waals surface area (Å²) in [5.74, 6) is -0.825. The number of benzene rings is 2. The molecule has 0 radical (unpaired) electrons. The number of hydrogen-bond acceptors (Lipinski definition) is 5. The third-order valence-electron chi connectivity index (χ3n) is 6.30. The van der Waals surface area contributed by atoms with Crippen molar-refractivity contribution in [3.8, 4) is 0 Å². The molecule has 1 atom stereocenters. The van der Waals surface area contributed by atoms with Gasteiger partial charge in [-0.15, -0.1) is 0 Å². The van der Waals surface area contributed by atoms with Crippen LogP contribution in [0.3, 0.4) is 0 Å². The van der Waals surface area contributed by atoms with Gasteiger partial charge in [0.25, 0.3) is 0 Å². The number of aromatic nitrogens is 3. The van der Waals surface area contributed by atoms with E-state index in [2.05, 4.69) is 31.3 Å². The van der Waals surface area contributed by atoms with Gasteiger partial charge in [0.2, 0.25) is 0 Å². The first-order valence-corrected chi connectivity index (χ1v) is 11.6. The van der Waals surface area contributed by atoms with Crippen molar-refractivity contribution in [2.75, 3.05) is 18.5 Å². The topological polar surface area (TPSA) is 78.0 Å². The molecule has 2 aliphatic heterocycles. The molecule has 1 fully saturated rings. The Hall–Kier alpha value is -3.04. The molecule has 0 amide bonds. The fourth-order valence-corrected chi connectivity index (χ4v) is 5.32. The Balaban J connectivity index is 1.58. The summed E-state index contributed by atoms with van der Waals surface area (Å²) in [5, 5.41) is 9.12. The minimum atomic E-state index is -0.424. The Morgan fingerprint density at radius 1 is 1.12 bits per heavy atom. The molecular formula is C24H20BrF2N5O. The summed E-state index contributed by atoms with van der Waals surface area (Å²) in [6, 6.07) is 6.51. The minimum Gasteiger partial charge on any atom is -0.400 e. The van der Waals surface area contributed by atoms with Crippen molar-refractivity contribution in [2.45, 2.75) is 25.5 Å². The van der Waals surface area contributed by atoms with E-state index in [4.69, 9.17) is 10.5 Å². The lowest BCUT2D eigenvalue weighted by Crippen LogP contribution is -2.20. The number of nitrogens with two attached hydrogens (primary N) is 1. The largest absolute Gasteiger partial charge is 0.400 e. The van der Waals surface area contributed by atoms with Crippen molar-refractivity contribution in [2.24, 2.45) is 5.73 Å². The molecule has 2 aliphatic rings. The second-order valence-electron chi connectivity index (χ2n) is 8.37. The van der Waals surface area contributed by atoms with E-state index >= 15 is 0 Å². The molecule has 168 valence electrons. The highest BCUT2D eigenvalue weighted by atomic mass is 79.9. The van der Waals surface area contributed by atoms with Crippen LogP contribution in [0.15, 0.2) is 46.8 Å². The van der Waals surface area contributed by atoms with E-state index in [0.29, 0.717) is 35.1 Å². The van der Waals surface area contributed by atoms with Gasteiger partial charge in [-0.1, -0.05) is 6.07 Å². The Morgan fingerprint density at radius 2 is 2.00 bits per heavy atom. The maximum atomic E-state index is 14.8. The van der Waals surface area contributed by atoms with Crippen molar-refractivity contribution in [1.82, 2.24) is 14.8 Å². The van der Waals surface area contributed by atoms with Crippen LogP contribution < -0.4 is 11.1 Å². The van der Waals surface area contributed by atoms with Gasteiger partial charge in [0.05, 0.1) is 23.9 Å². The molecule has 2 aromatic carbocycles. The van der Waals surface area contributed by atoms with Crippen molar-refractivity contribution in [1.29, 1.82) is 0 Å². The summed E-state index contributed by atoms with van der Waals surface area (Å²) in [4.78, 5) is 4.24. The van der Waals surface area contributed by atoms with Crippen LogP contribution in [0.5, 0.6) is 0 Å². The first-order valence-electron chi connectivity index (χ1n) is 10.8. The van der Waals surface area contributed by atoms with Crippen LogP contribution in [0, 0.1) is 11.6 Å². The molecule has 6 nitrogen and oxygen atoms in total. The third kappa shape index (κ3) is 3.29. The van der Waals surface area contributed by atoms with Crippen molar-refractivity contribution in [3.63, 3.8) is 0 Å². The molecule has 0 saturated carbocycles. The Morgan fingerprint density at radius 3 is 2.82 bits per heavy atom. The second kappa shape index (κ2) is 7.78. The third-order valence-corrected chi connectivity index (χ3v) is 6.91. The SMILES string of the molecule is NC1=C(c2ccc(F)c3nn(C4CCCCO4)cc23)c2cc(Br)c3ncc(F)cc3c2NC1.